The van der Waals surface area contributed by atoms with E-state index in [-0.39, 0.29) is 17.9 Å². The first-order chi connectivity index (χ1) is 8.97. The number of benzene rings is 1. The predicted molar refractivity (Wildman–Crippen MR) is 77.2 cm³/mol. The summed E-state index contributed by atoms with van der Waals surface area (Å²) in [6, 6.07) is 4.66. The Morgan fingerprint density at radius 2 is 2.11 bits per heavy atom. The summed E-state index contributed by atoms with van der Waals surface area (Å²) in [4.78, 5) is 23.8. The lowest BCUT2D eigenvalue weighted by Crippen LogP contribution is -2.45. The van der Waals surface area contributed by atoms with Gasteiger partial charge >= 0.3 is 0 Å². The zero-order valence-electron chi connectivity index (χ0n) is 10.4. The first kappa shape index (κ1) is 14.3. The normalized spacial score (nSPS) is 15.7. The third-order valence-electron chi connectivity index (χ3n) is 2.84. The van der Waals surface area contributed by atoms with Gasteiger partial charge in [0.2, 0.25) is 5.91 Å². The van der Waals surface area contributed by atoms with Crippen LogP contribution in [-0.2, 0) is 4.79 Å². The minimum absolute atomic E-state index is 0.158. The molecule has 102 valence electrons. The Labute approximate surface area is 125 Å². The van der Waals surface area contributed by atoms with Crippen molar-refractivity contribution in [3.8, 4) is 0 Å². The van der Waals surface area contributed by atoms with Crippen LogP contribution in [0.15, 0.2) is 22.7 Å². The van der Waals surface area contributed by atoms with E-state index in [0.29, 0.717) is 15.1 Å². The highest BCUT2D eigenvalue weighted by Crippen LogP contribution is 2.21. The highest BCUT2D eigenvalue weighted by Gasteiger charge is 2.26. The molecular formula is C13H14BrClN2O2. The minimum Gasteiger partial charge on any atom is -0.352 e. The average molecular weight is 346 g/mol. The molecule has 0 heterocycles. The van der Waals surface area contributed by atoms with E-state index in [1.807, 2.05) is 0 Å². The Kier molecular flexibility index (Phi) is 4.47. The molecule has 0 saturated heterocycles. The summed E-state index contributed by atoms with van der Waals surface area (Å²) in [5.41, 5.74) is 0.415. The summed E-state index contributed by atoms with van der Waals surface area (Å²) in [7, 11) is 0. The average Bonchev–Trinajstić information content (AvgIpc) is 3.15. The number of amides is 2. The maximum absolute atomic E-state index is 12.1. The maximum Gasteiger partial charge on any atom is 0.253 e. The maximum atomic E-state index is 12.1. The monoisotopic (exact) mass is 344 g/mol. The Morgan fingerprint density at radius 3 is 2.74 bits per heavy atom. The fourth-order valence-electron chi connectivity index (χ4n) is 1.57. The topological polar surface area (TPSA) is 58.2 Å². The van der Waals surface area contributed by atoms with Gasteiger partial charge in [-0.05, 0) is 53.9 Å². The minimum atomic E-state index is -0.570. The van der Waals surface area contributed by atoms with Crippen molar-refractivity contribution in [3.05, 3.63) is 33.3 Å². The largest absolute Gasteiger partial charge is 0.352 e. The third kappa shape index (κ3) is 3.94. The van der Waals surface area contributed by atoms with E-state index >= 15 is 0 Å². The van der Waals surface area contributed by atoms with Gasteiger partial charge in [-0.15, -0.1) is 0 Å². The lowest BCUT2D eigenvalue weighted by atomic mass is 10.2. The van der Waals surface area contributed by atoms with Crippen molar-refractivity contribution < 1.29 is 9.59 Å². The molecular weight excluding hydrogens is 332 g/mol. The molecule has 0 spiro atoms. The summed E-state index contributed by atoms with van der Waals surface area (Å²) >= 11 is 9.15. The number of halogens is 2. The van der Waals surface area contributed by atoms with Gasteiger partial charge in [0.05, 0.1) is 5.56 Å². The SMILES string of the molecule is CC(NC(=O)c1cc(Cl)ccc1Br)C(=O)NC1CC1. The lowest BCUT2D eigenvalue weighted by Gasteiger charge is -2.14. The second-order valence-electron chi connectivity index (χ2n) is 4.60. The molecule has 1 fully saturated rings. The summed E-state index contributed by atoms with van der Waals surface area (Å²) in [6.07, 6.45) is 2.04. The van der Waals surface area contributed by atoms with Crippen molar-refractivity contribution in [2.45, 2.75) is 31.8 Å². The highest BCUT2D eigenvalue weighted by molar-refractivity contribution is 9.10. The van der Waals surface area contributed by atoms with E-state index in [9.17, 15) is 9.59 Å². The Balaban J connectivity index is 1.99. The number of carbonyl (C=O) groups is 2. The van der Waals surface area contributed by atoms with Crippen LogP contribution in [-0.4, -0.2) is 23.9 Å². The quantitative estimate of drug-likeness (QED) is 0.881. The summed E-state index contributed by atoms with van der Waals surface area (Å²) < 4.78 is 0.643. The third-order valence-corrected chi connectivity index (χ3v) is 3.76. The first-order valence-electron chi connectivity index (χ1n) is 6.03. The molecule has 0 aromatic heterocycles. The number of hydrogen-bond acceptors (Lipinski definition) is 2. The van der Waals surface area contributed by atoms with Crippen LogP contribution in [0.4, 0.5) is 0 Å². The van der Waals surface area contributed by atoms with Crippen molar-refractivity contribution in [2.24, 2.45) is 0 Å². The number of nitrogens with one attached hydrogen (secondary N) is 2. The molecule has 1 saturated carbocycles. The van der Waals surface area contributed by atoms with Crippen LogP contribution in [0.2, 0.25) is 5.02 Å². The van der Waals surface area contributed by atoms with Gasteiger partial charge in [0.25, 0.3) is 5.91 Å². The molecule has 0 aliphatic heterocycles. The molecule has 1 atom stereocenters. The molecule has 2 amide bonds. The van der Waals surface area contributed by atoms with Gasteiger partial charge in [-0.3, -0.25) is 9.59 Å². The molecule has 1 aromatic rings. The Hall–Kier alpha value is -1.07. The van der Waals surface area contributed by atoms with Crippen molar-refractivity contribution in [1.29, 1.82) is 0 Å². The molecule has 6 heteroatoms. The van der Waals surface area contributed by atoms with Crippen LogP contribution in [0, 0.1) is 0 Å². The summed E-state index contributed by atoms with van der Waals surface area (Å²) in [5, 5.41) is 5.98. The van der Waals surface area contributed by atoms with Crippen molar-refractivity contribution in [3.63, 3.8) is 0 Å². The summed E-state index contributed by atoms with van der Waals surface area (Å²) in [5.74, 6) is -0.484. The van der Waals surface area contributed by atoms with Crippen LogP contribution < -0.4 is 10.6 Å². The van der Waals surface area contributed by atoms with E-state index in [1.165, 1.54) is 0 Å². The Bertz CT molecular complexity index is 517. The van der Waals surface area contributed by atoms with Gasteiger partial charge in [0, 0.05) is 15.5 Å². The first-order valence-corrected chi connectivity index (χ1v) is 7.21. The molecule has 2 N–H and O–H groups in total. The molecule has 4 nitrogen and oxygen atoms in total. The van der Waals surface area contributed by atoms with E-state index in [0.717, 1.165) is 12.8 Å². The number of carbonyl (C=O) groups excluding carboxylic acids is 2. The van der Waals surface area contributed by atoms with Gasteiger partial charge in [-0.25, -0.2) is 0 Å². The molecule has 0 bridgehead atoms. The highest BCUT2D eigenvalue weighted by atomic mass is 79.9. The lowest BCUT2D eigenvalue weighted by molar-refractivity contribution is -0.122. The molecule has 0 radical (unpaired) electrons. The molecule has 1 aromatic carbocycles. The standard InChI is InChI=1S/C13H14BrClN2O2/c1-7(12(18)17-9-3-4-9)16-13(19)10-6-8(15)2-5-11(10)14/h2,5-7,9H,3-4H2,1H3,(H,16,19)(H,17,18). The number of hydrogen-bond donors (Lipinski definition) is 2. The van der Waals surface area contributed by atoms with E-state index < -0.39 is 6.04 Å². The van der Waals surface area contributed by atoms with Crippen molar-refractivity contribution in [1.82, 2.24) is 10.6 Å². The zero-order valence-corrected chi connectivity index (χ0v) is 12.7. The zero-order chi connectivity index (χ0) is 14.0. The predicted octanol–water partition coefficient (Wildman–Crippen LogP) is 2.50. The van der Waals surface area contributed by atoms with Crippen LogP contribution >= 0.6 is 27.5 Å². The van der Waals surface area contributed by atoms with Gasteiger partial charge < -0.3 is 10.6 Å². The molecule has 1 aliphatic carbocycles. The van der Waals surface area contributed by atoms with Gasteiger partial charge in [-0.1, -0.05) is 11.6 Å². The fourth-order valence-corrected chi connectivity index (χ4v) is 2.16. The summed E-state index contributed by atoms with van der Waals surface area (Å²) in [6.45, 7) is 1.66. The van der Waals surface area contributed by atoms with E-state index in [4.69, 9.17) is 11.6 Å². The molecule has 1 aliphatic rings. The Morgan fingerprint density at radius 1 is 1.42 bits per heavy atom. The van der Waals surface area contributed by atoms with Crippen LogP contribution in [0.25, 0.3) is 0 Å². The second-order valence-corrected chi connectivity index (χ2v) is 5.89. The van der Waals surface area contributed by atoms with Crippen LogP contribution in [0.1, 0.15) is 30.1 Å². The molecule has 2 rings (SSSR count). The van der Waals surface area contributed by atoms with Crippen molar-refractivity contribution >= 4 is 39.3 Å². The number of rotatable bonds is 4. The van der Waals surface area contributed by atoms with Gasteiger partial charge in [0.15, 0.2) is 0 Å². The fraction of sp³-hybridized carbons (Fsp3) is 0.385. The molecule has 1 unspecified atom stereocenters. The smallest absolute Gasteiger partial charge is 0.253 e. The van der Waals surface area contributed by atoms with Crippen molar-refractivity contribution in [2.75, 3.05) is 0 Å². The van der Waals surface area contributed by atoms with E-state index in [1.54, 1.807) is 25.1 Å². The van der Waals surface area contributed by atoms with Crippen LogP contribution in [0.3, 0.4) is 0 Å². The van der Waals surface area contributed by atoms with Crippen LogP contribution in [0.5, 0.6) is 0 Å². The van der Waals surface area contributed by atoms with E-state index in [2.05, 4.69) is 26.6 Å². The van der Waals surface area contributed by atoms with Gasteiger partial charge in [0.1, 0.15) is 6.04 Å². The second kappa shape index (κ2) is 5.92. The molecule has 19 heavy (non-hydrogen) atoms. The van der Waals surface area contributed by atoms with Gasteiger partial charge in [-0.2, -0.15) is 0 Å².